The molecule has 1 aromatic heterocycles. The van der Waals surface area contributed by atoms with Gasteiger partial charge in [0.05, 0.1) is 4.90 Å². The van der Waals surface area contributed by atoms with E-state index >= 15 is 0 Å². The van der Waals surface area contributed by atoms with E-state index in [1.165, 1.54) is 0 Å². The molecule has 0 radical (unpaired) electrons. The van der Waals surface area contributed by atoms with Gasteiger partial charge in [0.15, 0.2) is 0 Å². The highest BCUT2D eigenvalue weighted by molar-refractivity contribution is 7.89. The highest BCUT2D eigenvalue weighted by Crippen LogP contribution is 2.26. The van der Waals surface area contributed by atoms with E-state index in [-0.39, 0.29) is 12.0 Å². The van der Waals surface area contributed by atoms with Gasteiger partial charge in [0.25, 0.3) is 0 Å². The molecule has 5 heteroatoms. The Morgan fingerprint density at radius 2 is 1.73 bits per heavy atom. The molecule has 0 atom stereocenters. The topological polar surface area (TPSA) is 59.1 Å². The second kappa shape index (κ2) is 6.18. The van der Waals surface area contributed by atoms with Crippen molar-refractivity contribution in [1.82, 2.24) is 9.71 Å². The summed E-state index contributed by atoms with van der Waals surface area (Å²) in [5, 5.41) is 0. The van der Waals surface area contributed by atoms with Crippen molar-refractivity contribution in [2.75, 3.05) is 0 Å². The lowest BCUT2D eigenvalue weighted by atomic mass is 9.86. The number of nitrogens with zero attached hydrogens (tertiary/aromatic N) is 1. The minimum atomic E-state index is -3.52. The van der Waals surface area contributed by atoms with E-state index in [2.05, 4.69) is 30.5 Å². The van der Waals surface area contributed by atoms with Crippen LogP contribution >= 0.6 is 0 Å². The maximum Gasteiger partial charge on any atom is 0.241 e. The van der Waals surface area contributed by atoms with E-state index in [0.29, 0.717) is 4.90 Å². The molecule has 1 aromatic carbocycles. The highest BCUT2D eigenvalue weighted by atomic mass is 32.2. The normalized spacial score (nSPS) is 12.4. The number of pyridine rings is 1. The Balaban J connectivity index is 2.23. The Morgan fingerprint density at radius 3 is 2.27 bits per heavy atom. The van der Waals surface area contributed by atoms with Crippen LogP contribution in [0.5, 0.6) is 0 Å². The van der Waals surface area contributed by atoms with Gasteiger partial charge in [-0.15, -0.1) is 0 Å². The van der Waals surface area contributed by atoms with Crippen molar-refractivity contribution in [3.8, 4) is 0 Å². The third-order valence-electron chi connectivity index (χ3n) is 3.55. The first-order valence-electron chi connectivity index (χ1n) is 7.20. The van der Waals surface area contributed by atoms with Gasteiger partial charge in [-0.1, -0.05) is 32.9 Å². The number of hydrogen-bond donors (Lipinski definition) is 1. The summed E-state index contributed by atoms with van der Waals surface area (Å²) in [5.41, 5.74) is 2.76. The Bertz CT molecular complexity index is 748. The second-order valence-corrected chi connectivity index (χ2v) is 8.15. The molecule has 0 aliphatic rings. The third kappa shape index (κ3) is 3.93. The Morgan fingerprint density at radius 1 is 1.09 bits per heavy atom. The van der Waals surface area contributed by atoms with E-state index < -0.39 is 10.0 Å². The maximum atomic E-state index is 12.5. The van der Waals surface area contributed by atoms with E-state index in [1.807, 2.05) is 19.1 Å². The molecule has 1 N–H and O–H groups in total. The summed E-state index contributed by atoms with van der Waals surface area (Å²) in [6, 6.07) is 9.09. The molecule has 0 saturated carbocycles. The fourth-order valence-electron chi connectivity index (χ4n) is 2.17. The van der Waals surface area contributed by atoms with Crippen LogP contribution in [0.15, 0.2) is 47.6 Å². The zero-order valence-corrected chi connectivity index (χ0v) is 14.2. The van der Waals surface area contributed by atoms with Crippen molar-refractivity contribution < 1.29 is 8.42 Å². The fourth-order valence-corrected chi connectivity index (χ4v) is 3.42. The monoisotopic (exact) mass is 318 g/mol. The van der Waals surface area contributed by atoms with Crippen molar-refractivity contribution >= 4 is 10.0 Å². The first-order chi connectivity index (χ1) is 10.2. The predicted octanol–water partition coefficient (Wildman–Crippen LogP) is 3.17. The smallest absolute Gasteiger partial charge is 0.241 e. The lowest BCUT2D eigenvalue weighted by Crippen LogP contribution is -2.24. The van der Waals surface area contributed by atoms with E-state index in [4.69, 9.17) is 0 Å². The molecule has 2 rings (SSSR count). The van der Waals surface area contributed by atoms with Gasteiger partial charge in [0, 0.05) is 18.9 Å². The summed E-state index contributed by atoms with van der Waals surface area (Å²) >= 11 is 0. The van der Waals surface area contributed by atoms with E-state index in [1.54, 1.807) is 30.6 Å². The molecule has 0 spiro atoms. The van der Waals surface area contributed by atoms with Gasteiger partial charge in [-0.25, -0.2) is 13.1 Å². The number of hydrogen-bond acceptors (Lipinski definition) is 3. The zero-order chi connectivity index (χ0) is 16.4. The van der Waals surface area contributed by atoms with Crippen LogP contribution < -0.4 is 4.72 Å². The average Bonchev–Trinajstić information content (AvgIpc) is 2.45. The number of aromatic nitrogens is 1. The first kappa shape index (κ1) is 16.6. The molecule has 0 fully saturated rings. The van der Waals surface area contributed by atoms with Crippen molar-refractivity contribution in [2.24, 2.45) is 0 Å². The molecular formula is C17H22N2O2S. The molecule has 118 valence electrons. The second-order valence-electron chi connectivity index (χ2n) is 6.41. The molecule has 1 heterocycles. The van der Waals surface area contributed by atoms with Gasteiger partial charge >= 0.3 is 0 Å². The van der Waals surface area contributed by atoms with Gasteiger partial charge < -0.3 is 0 Å². The SMILES string of the molecule is Cc1cc(C(C)(C)C)ccc1S(=O)(=O)NCc1ccncc1. The van der Waals surface area contributed by atoms with Gasteiger partial charge in [-0.2, -0.15) is 0 Å². The summed E-state index contributed by atoms with van der Waals surface area (Å²) in [6.45, 7) is 8.41. The molecule has 0 saturated heterocycles. The molecule has 2 aromatic rings. The molecular weight excluding hydrogens is 296 g/mol. The van der Waals surface area contributed by atoms with Crippen LogP contribution in [0.3, 0.4) is 0 Å². The van der Waals surface area contributed by atoms with Gasteiger partial charge in [0.1, 0.15) is 0 Å². The number of benzene rings is 1. The standard InChI is InChI=1S/C17H22N2O2S/c1-13-11-15(17(2,3)4)5-6-16(13)22(20,21)19-12-14-7-9-18-10-8-14/h5-11,19H,12H2,1-4H3. The molecule has 0 unspecified atom stereocenters. The van der Waals surface area contributed by atoms with Crippen LogP contribution in [-0.4, -0.2) is 13.4 Å². The quantitative estimate of drug-likeness (QED) is 0.942. The summed E-state index contributed by atoms with van der Waals surface area (Å²) in [4.78, 5) is 4.25. The number of rotatable bonds is 4. The highest BCUT2D eigenvalue weighted by Gasteiger charge is 2.20. The largest absolute Gasteiger partial charge is 0.265 e. The minimum Gasteiger partial charge on any atom is -0.265 e. The van der Waals surface area contributed by atoms with Crippen molar-refractivity contribution in [3.63, 3.8) is 0 Å². The maximum absolute atomic E-state index is 12.5. The van der Waals surface area contributed by atoms with Crippen LogP contribution in [0.25, 0.3) is 0 Å². The number of nitrogens with one attached hydrogen (secondary N) is 1. The van der Waals surface area contributed by atoms with Crippen LogP contribution in [0, 0.1) is 6.92 Å². The fraction of sp³-hybridized carbons (Fsp3) is 0.353. The lowest BCUT2D eigenvalue weighted by Gasteiger charge is -2.20. The Hall–Kier alpha value is -1.72. The van der Waals surface area contributed by atoms with Crippen molar-refractivity contribution in [2.45, 2.75) is 44.6 Å². The molecule has 0 aliphatic carbocycles. The molecule has 0 bridgehead atoms. The van der Waals surface area contributed by atoms with Crippen molar-refractivity contribution in [3.05, 3.63) is 59.4 Å². The number of sulfonamides is 1. The summed E-state index contributed by atoms with van der Waals surface area (Å²) in [5.74, 6) is 0. The summed E-state index contributed by atoms with van der Waals surface area (Å²) in [6.07, 6.45) is 3.29. The molecule has 0 amide bonds. The van der Waals surface area contributed by atoms with Gasteiger partial charge in [0.2, 0.25) is 10.0 Å². The first-order valence-corrected chi connectivity index (χ1v) is 8.68. The summed E-state index contributed by atoms with van der Waals surface area (Å²) < 4.78 is 27.6. The van der Waals surface area contributed by atoms with Crippen LogP contribution in [0.1, 0.15) is 37.5 Å². The van der Waals surface area contributed by atoms with Crippen LogP contribution in [0.2, 0.25) is 0 Å². The van der Waals surface area contributed by atoms with E-state index in [0.717, 1.165) is 16.7 Å². The van der Waals surface area contributed by atoms with Crippen LogP contribution in [0.4, 0.5) is 0 Å². The third-order valence-corrected chi connectivity index (χ3v) is 5.11. The minimum absolute atomic E-state index is 0.00246. The average molecular weight is 318 g/mol. The van der Waals surface area contributed by atoms with Gasteiger partial charge in [-0.05, 0) is 47.2 Å². The van der Waals surface area contributed by atoms with Crippen molar-refractivity contribution in [1.29, 1.82) is 0 Å². The number of aryl methyl sites for hydroxylation is 1. The molecule has 4 nitrogen and oxygen atoms in total. The van der Waals surface area contributed by atoms with Gasteiger partial charge in [-0.3, -0.25) is 4.98 Å². The predicted molar refractivity (Wildman–Crippen MR) is 88.1 cm³/mol. The molecule has 22 heavy (non-hydrogen) atoms. The Labute approximate surface area is 132 Å². The lowest BCUT2D eigenvalue weighted by molar-refractivity contribution is 0.577. The summed E-state index contributed by atoms with van der Waals surface area (Å²) in [7, 11) is -3.52. The zero-order valence-electron chi connectivity index (χ0n) is 13.4. The Kier molecular flexibility index (Phi) is 4.68. The molecule has 0 aliphatic heterocycles. The van der Waals surface area contributed by atoms with Crippen LogP contribution in [-0.2, 0) is 22.0 Å². The van der Waals surface area contributed by atoms with E-state index in [9.17, 15) is 8.42 Å².